The highest BCUT2D eigenvalue weighted by Gasteiger charge is 2.65. The molecule has 0 saturated carbocycles. The molecule has 0 radical (unpaired) electrons. The summed E-state index contributed by atoms with van der Waals surface area (Å²) in [5, 5.41) is 22.6. The number of alkyl carbamates (subject to hydrolysis) is 1. The molecule has 4 atom stereocenters. The van der Waals surface area contributed by atoms with E-state index in [9.17, 15) is 37.1 Å². The fourth-order valence-electron chi connectivity index (χ4n) is 6.31. The number of unbranched alkanes of at least 4 members (excludes halogenated alkanes) is 1. The van der Waals surface area contributed by atoms with Gasteiger partial charge in [0.25, 0.3) is 5.91 Å². The molecule has 3 heterocycles. The van der Waals surface area contributed by atoms with Crippen LogP contribution in [0.1, 0.15) is 47.2 Å². The van der Waals surface area contributed by atoms with Gasteiger partial charge in [0.1, 0.15) is 12.4 Å². The van der Waals surface area contributed by atoms with Crippen molar-refractivity contribution in [2.45, 2.75) is 67.6 Å². The van der Waals surface area contributed by atoms with Crippen molar-refractivity contribution in [3.05, 3.63) is 59.2 Å². The van der Waals surface area contributed by atoms with E-state index in [0.29, 0.717) is 23.9 Å². The lowest BCUT2D eigenvalue weighted by atomic mass is 10.0. The zero-order valence-corrected chi connectivity index (χ0v) is 34.6. The van der Waals surface area contributed by atoms with E-state index in [2.05, 4.69) is 59.2 Å². The number of alkyl halides is 3. The normalized spacial score (nSPS) is 18.7. The van der Waals surface area contributed by atoms with E-state index in [1.54, 1.807) is 0 Å². The Morgan fingerprint density at radius 2 is 1.72 bits per heavy atom. The van der Waals surface area contributed by atoms with E-state index in [4.69, 9.17) is 23.7 Å². The van der Waals surface area contributed by atoms with Crippen LogP contribution in [0.3, 0.4) is 0 Å². The van der Waals surface area contributed by atoms with Gasteiger partial charge in [0.05, 0.1) is 68.6 Å². The van der Waals surface area contributed by atoms with Crippen molar-refractivity contribution < 1.29 is 60.8 Å². The minimum absolute atomic E-state index is 0.00640. The third kappa shape index (κ3) is 13.6. The number of ether oxygens (including phenoxy) is 5. The number of hydrogen-bond donors (Lipinski definition) is 5. The minimum atomic E-state index is -4.74. The lowest BCUT2D eigenvalue weighted by Crippen LogP contribution is -2.46. The van der Waals surface area contributed by atoms with Gasteiger partial charge < -0.3 is 50.3 Å². The van der Waals surface area contributed by atoms with Crippen molar-refractivity contribution in [1.29, 1.82) is 0 Å². The van der Waals surface area contributed by atoms with Crippen molar-refractivity contribution >= 4 is 64.7 Å². The second-order valence-corrected chi connectivity index (χ2v) is 15.2. The monoisotopic (exact) mass is 894 g/mol. The van der Waals surface area contributed by atoms with Crippen molar-refractivity contribution in [2.24, 2.45) is 15.2 Å². The number of aliphatic imine (C=N–C) groups is 1. The first-order chi connectivity index (χ1) is 29.3. The summed E-state index contributed by atoms with van der Waals surface area (Å²) >= 11 is 6.43. The maximum absolute atomic E-state index is 13.5. The number of carbonyl (C=O) groups is 5. The summed E-state index contributed by atoms with van der Waals surface area (Å²) in [6.45, 7) is 0.181. The molecule has 5 rings (SSSR count). The molecule has 2 saturated heterocycles. The van der Waals surface area contributed by atoms with Crippen molar-refractivity contribution in [3.8, 4) is 5.75 Å². The molecule has 5 N–H and O–H groups in total. The Morgan fingerprint density at radius 3 is 2.39 bits per heavy atom. The summed E-state index contributed by atoms with van der Waals surface area (Å²) in [6, 6.07) is 9.53. The first kappa shape index (κ1) is 46.7. The predicted octanol–water partition coefficient (Wildman–Crippen LogP) is 4.05. The summed E-state index contributed by atoms with van der Waals surface area (Å²) in [6.07, 6.45) is -4.32. The SMILES string of the molecule is COc1cc(C2(C(F)(F)F)N=N2)ccc1COC(=O)NC[C@H](OC(=O)c1ccc(N=C=S)cc1)C(=O)NCCOCCOCCNC(=O)CCCC[C@@H]1SC[C@@H]2NC(=O)N[C@@H]21. The average molecular weight is 895 g/mol. The topological polar surface area (TPSA) is 229 Å². The molecule has 61 heavy (non-hydrogen) atoms. The third-order valence-corrected chi connectivity index (χ3v) is 11.2. The number of halogens is 3. The number of benzene rings is 2. The Labute approximate surface area is 357 Å². The molecule has 0 aromatic heterocycles. The van der Waals surface area contributed by atoms with E-state index in [1.807, 2.05) is 11.8 Å². The van der Waals surface area contributed by atoms with E-state index < -0.39 is 49.1 Å². The molecule has 2 aromatic rings. The van der Waals surface area contributed by atoms with Crippen LogP contribution in [0, 0.1) is 0 Å². The van der Waals surface area contributed by atoms with Gasteiger partial charge in [-0.3, -0.25) is 9.59 Å². The van der Waals surface area contributed by atoms with Gasteiger partial charge in [-0.05, 0) is 55.4 Å². The van der Waals surface area contributed by atoms with E-state index in [0.717, 1.165) is 37.1 Å². The molecule has 23 heteroatoms. The number of esters is 1. The van der Waals surface area contributed by atoms with Gasteiger partial charge in [0.15, 0.2) is 6.10 Å². The van der Waals surface area contributed by atoms with Gasteiger partial charge >= 0.3 is 29.9 Å². The number of hydrogen-bond acceptors (Lipinski definition) is 15. The van der Waals surface area contributed by atoms with E-state index in [-0.39, 0.29) is 79.4 Å². The Hall–Kier alpha value is -5.35. The van der Waals surface area contributed by atoms with Gasteiger partial charge in [-0.15, -0.1) is 10.2 Å². The number of rotatable bonds is 24. The summed E-state index contributed by atoms with van der Waals surface area (Å²) in [5.74, 6) is -0.815. The Balaban J connectivity index is 0.981. The van der Waals surface area contributed by atoms with Crippen LogP contribution in [0.2, 0.25) is 0 Å². The Bertz CT molecular complexity index is 1950. The van der Waals surface area contributed by atoms with Gasteiger partial charge in [-0.1, -0.05) is 18.6 Å². The first-order valence-electron chi connectivity index (χ1n) is 19.2. The number of methoxy groups -OCH3 is 1. The first-order valence-corrected chi connectivity index (χ1v) is 20.7. The number of nitrogens with one attached hydrogen (secondary N) is 5. The van der Waals surface area contributed by atoms with Crippen LogP contribution in [0.5, 0.6) is 5.75 Å². The number of urea groups is 1. The third-order valence-electron chi connectivity index (χ3n) is 9.56. The number of amides is 5. The Kier molecular flexibility index (Phi) is 17.2. The van der Waals surface area contributed by atoms with Gasteiger partial charge in [0.2, 0.25) is 5.91 Å². The summed E-state index contributed by atoms with van der Waals surface area (Å²) in [4.78, 5) is 66.2. The lowest BCUT2D eigenvalue weighted by Gasteiger charge is -2.19. The van der Waals surface area contributed by atoms with Crippen molar-refractivity contribution in [1.82, 2.24) is 26.6 Å². The van der Waals surface area contributed by atoms with Crippen LogP contribution >= 0.6 is 24.0 Å². The van der Waals surface area contributed by atoms with E-state index >= 15 is 0 Å². The number of nitrogens with zero attached hydrogens (tertiary/aromatic N) is 3. The van der Waals surface area contributed by atoms with Crippen LogP contribution < -0.4 is 31.3 Å². The van der Waals surface area contributed by atoms with Crippen molar-refractivity contribution in [3.63, 3.8) is 0 Å². The minimum Gasteiger partial charge on any atom is -0.496 e. The fraction of sp³-hybridized carbons (Fsp3) is 0.526. The number of fused-ring (bicyclic) bond motifs is 1. The zero-order valence-electron chi connectivity index (χ0n) is 32.9. The van der Waals surface area contributed by atoms with Crippen LogP contribution in [0.15, 0.2) is 57.7 Å². The molecule has 3 aliphatic heterocycles. The molecule has 2 fully saturated rings. The van der Waals surface area contributed by atoms with Gasteiger partial charge in [0, 0.05) is 41.6 Å². The molecule has 0 unspecified atom stereocenters. The summed E-state index contributed by atoms with van der Waals surface area (Å²) in [5.41, 5.74) is -2.19. The molecule has 0 spiro atoms. The molecule has 5 amide bonds. The smallest absolute Gasteiger partial charge is 0.442 e. The fourth-order valence-corrected chi connectivity index (χ4v) is 7.96. The number of isothiocyanates is 1. The standard InChI is InChI=1S/C38H45F3N8O10S2/c1-55-28-18-25(37(48-49-37)38(39,40)41)9-6-24(28)20-58-36(54)44-19-29(59-34(52)23-7-10-26(11-8-23)45-22-60)33(51)43-13-15-57-17-16-56-14-12-42-31(50)5-3-2-4-30-32-27(21-61-30)46-35(53)47-32/h6-11,18,27,29-30,32H,2-5,12-17,19-21H2,1H3,(H,42,50)(H,43,51)(H,44,54)(H2,46,47,53)/t27-,29-,30-,32-/m0/s1. The Morgan fingerprint density at radius 1 is 1.00 bits per heavy atom. The molecule has 3 aliphatic rings. The highest BCUT2D eigenvalue weighted by Crippen LogP contribution is 2.53. The van der Waals surface area contributed by atoms with Crippen LogP contribution in [0.25, 0.3) is 0 Å². The average Bonchev–Trinajstić information content (AvgIpc) is 3.88. The second kappa shape index (κ2) is 22.5. The largest absolute Gasteiger partial charge is 0.496 e. The number of thioether (sulfide) groups is 1. The summed E-state index contributed by atoms with van der Waals surface area (Å²) < 4.78 is 67.2. The highest BCUT2D eigenvalue weighted by molar-refractivity contribution is 8.00. The van der Waals surface area contributed by atoms with Crippen LogP contribution in [-0.2, 0) is 40.8 Å². The van der Waals surface area contributed by atoms with Gasteiger partial charge in [-0.25, -0.2) is 14.4 Å². The molecule has 2 aromatic carbocycles. The molecule has 18 nitrogen and oxygen atoms in total. The molecule has 330 valence electrons. The molecule has 0 bridgehead atoms. The van der Waals surface area contributed by atoms with Crippen LogP contribution in [-0.4, -0.2) is 124 Å². The maximum Gasteiger partial charge on any atom is 0.442 e. The maximum atomic E-state index is 13.5. The zero-order chi connectivity index (χ0) is 43.8. The molecular formula is C38H45F3N8O10S2. The number of carbonyl (C=O) groups excluding carboxylic acids is 5. The quantitative estimate of drug-likeness (QED) is 0.0331. The van der Waals surface area contributed by atoms with Crippen LogP contribution in [0.4, 0.5) is 28.4 Å². The number of thiocarbonyl (C=S) groups is 1. The van der Waals surface area contributed by atoms with E-state index in [1.165, 1.54) is 37.4 Å². The predicted molar refractivity (Wildman–Crippen MR) is 216 cm³/mol. The van der Waals surface area contributed by atoms with Gasteiger partial charge in [-0.2, -0.15) is 29.9 Å². The molecular weight excluding hydrogens is 850 g/mol. The summed E-state index contributed by atoms with van der Waals surface area (Å²) in [7, 11) is 1.23. The lowest BCUT2D eigenvalue weighted by molar-refractivity contribution is -0.166. The van der Waals surface area contributed by atoms with Crippen molar-refractivity contribution in [2.75, 3.05) is 58.9 Å². The second-order valence-electron chi connectivity index (χ2n) is 13.7. The molecule has 0 aliphatic carbocycles. The highest BCUT2D eigenvalue weighted by atomic mass is 32.2.